The number of hydrogen-bond donors (Lipinski definition) is 0. The van der Waals surface area contributed by atoms with E-state index in [1.165, 1.54) is 0 Å². The first kappa shape index (κ1) is 18.4. The minimum Gasteiger partial charge on any atom is -0.402 e. The SMILES string of the molecule is COCCCC(B1OC(C)(C)C(C)(C)O1)N([SiH2]C)[SiH2]C. The molecule has 0 aromatic rings. The smallest absolute Gasteiger partial charge is 0.402 e. The fourth-order valence-electron chi connectivity index (χ4n) is 2.67. The van der Waals surface area contributed by atoms with Gasteiger partial charge in [0.1, 0.15) is 0 Å². The fraction of sp³-hybridized carbons (Fsp3) is 1.00. The minimum absolute atomic E-state index is 0.0863. The first-order chi connectivity index (χ1) is 9.29. The van der Waals surface area contributed by atoms with Crippen LogP contribution in [0.5, 0.6) is 0 Å². The number of hydrogen-bond acceptors (Lipinski definition) is 4. The molecule has 1 fully saturated rings. The number of rotatable bonds is 8. The Morgan fingerprint density at radius 3 is 2.00 bits per heavy atom. The lowest BCUT2D eigenvalue weighted by Crippen LogP contribution is -2.50. The highest BCUT2D eigenvalue weighted by Crippen LogP contribution is 2.38. The molecule has 0 spiro atoms. The second-order valence-corrected chi connectivity index (χ2v) is 10.3. The Labute approximate surface area is 129 Å². The summed E-state index contributed by atoms with van der Waals surface area (Å²) in [5.41, 5.74) is -0.457. The van der Waals surface area contributed by atoms with Crippen LogP contribution in [0.15, 0.2) is 0 Å². The maximum Gasteiger partial charge on any atom is 0.474 e. The normalized spacial score (nSPS) is 23.7. The molecule has 1 unspecified atom stereocenters. The average Bonchev–Trinajstić information content (AvgIpc) is 2.58. The van der Waals surface area contributed by atoms with Gasteiger partial charge < -0.3 is 18.3 Å². The molecule has 0 aromatic carbocycles. The van der Waals surface area contributed by atoms with E-state index >= 15 is 0 Å². The summed E-state index contributed by atoms with van der Waals surface area (Å²) in [6.07, 6.45) is 2.18. The Bertz CT molecular complexity index is 285. The molecule has 118 valence electrons. The molecule has 1 aliphatic heterocycles. The summed E-state index contributed by atoms with van der Waals surface area (Å²) in [6, 6.07) is 0. The molecule has 0 saturated carbocycles. The van der Waals surface area contributed by atoms with Crippen LogP contribution < -0.4 is 0 Å². The van der Waals surface area contributed by atoms with Crippen LogP contribution >= 0.6 is 0 Å². The third-order valence-corrected chi connectivity index (χ3v) is 9.96. The predicted octanol–water partition coefficient (Wildman–Crippen LogP) is 0.979. The molecule has 0 aliphatic carbocycles. The number of ether oxygens (including phenoxy) is 1. The highest BCUT2D eigenvalue weighted by molar-refractivity contribution is 6.55. The highest BCUT2D eigenvalue weighted by atomic mass is 28.3. The Balaban J connectivity index is 2.78. The van der Waals surface area contributed by atoms with Crippen molar-refractivity contribution in [2.45, 2.75) is 70.8 Å². The molecule has 20 heavy (non-hydrogen) atoms. The van der Waals surface area contributed by atoms with E-state index < -0.39 is 0 Å². The summed E-state index contributed by atoms with van der Waals surface area (Å²) < 4.78 is 20.5. The van der Waals surface area contributed by atoms with Gasteiger partial charge in [0.2, 0.25) is 0 Å². The van der Waals surface area contributed by atoms with Crippen LogP contribution in [0.4, 0.5) is 0 Å². The van der Waals surface area contributed by atoms with Crippen LogP contribution in [-0.4, -0.2) is 61.6 Å². The van der Waals surface area contributed by atoms with Gasteiger partial charge in [0.25, 0.3) is 0 Å². The third kappa shape index (κ3) is 4.18. The molecular formula is C13H32BNO3Si2. The van der Waals surface area contributed by atoms with Crippen molar-refractivity contribution in [1.82, 2.24) is 4.23 Å². The summed E-state index contributed by atoms with van der Waals surface area (Å²) in [5, 5.41) is 0. The van der Waals surface area contributed by atoms with E-state index in [-0.39, 0.29) is 37.7 Å². The van der Waals surface area contributed by atoms with E-state index in [1.807, 2.05) is 0 Å². The van der Waals surface area contributed by atoms with Gasteiger partial charge in [0.15, 0.2) is 0 Å². The van der Waals surface area contributed by atoms with Gasteiger partial charge in [0.05, 0.1) is 30.6 Å². The van der Waals surface area contributed by atoms with Crippen molar-refractivity contribution in [3.63, 3.8) is 0 Å². The lowest BCUT2D eigenvalue weighted by molar-refractivity contribution is 0.00578. The van der Waals surface area contributed by atoms with E-state index in [0.29, 0.717) is 5.94 Å². The quantitative estimate of drug-likeness (QED) is 0.493. The standard InChI is InChI=1S/C13H32BNO3Si2/c1-12(2)13(3,4)18-14(17-12)11(9-8-10-16-5)15(19-6)20-7/h11H,8-10,19-20H2,1-7H3. The van der Waals surface area contributed by atoms with Gasteiger partial charge >= 0.3 is 7.12 Å². The Kier molecular flexibility index (Phi) is 6.95. The Morgan fingerprint density at radius 1 is 1.10 bits per heavy atom. The molecule has 0 radical (unpaired) electrons. The summed E-state index contributed by atoms with van der Waals surface area (Å²) in [5.74, 6) is 0.416. The van der Waals surface area contributed by atoms with E-state index in [4.69, 9.17) is 14.0 Å². The number of nitrogens with zero attached hydrogens (tertiary/aromatic N) is 1. The fourth-order valence-corrected chi connectivity index (χ4v) is 6.10. The largest absolute Gasteiger partial charge is 0.474 e. The Morgan fingerprint density at radius 2 is 1.60 bits per heavy atom. The maximum absolute atomic E-state index is 6.28. The van der Waals surface area contributed by atoms with E-state index in [0.717, 1.165) is 19.4 Å². The van der Waals surface area contributed by atoms with Gasteiger partial charge in [-0.2, -0.15) is 0 Å². The predicted molar refractivity (Wildman–Crippen MR) is 91.6 cm³/mol. The van der Waals surface area contributed by atoms with Crippen LogP contribution in [0.1, 0.15) is 40.5 Å². The third-order valence-electron chi connectivity index (χ3n) is 4.72. The van der Waals surface area contributed by atoms with Gasteiger partial charge in [0, 0.05) is 19.7 Å². The summed E-state index contributed by atoms with van der Waals surface area (Å²) in [6.45, 7) is 14.1. The van der Waals surface area contributed by atoms with Crippen LogP contribution in [0.25, 0.3) is 0 Å². The zero-order valence-electron chi connectivity index (χ0n) is 14.4. The topological polar surface area (TPSA) is 30.9 Å². The van der Waals surface area contributed by atoms with Crippen LogP contribution in [-0.2, 0) is 14.0 Å². The molecule has 1 saturated heterocycles. The molecule has 0 amide bonds. The molecule has 0 bridgehead atoms. The maximum atomic E-state index is 6.28. The second-order valence-electron chi connectivity index (χ2n) is 6.55. The van der Waals surface area contributed by atoms with Crippen molar-refractivity contribution < 1.29 is 14.0 Å². The van der Waals surface area contributed by atoms with Crippen molar-refractivity contribution >= 4 is 26.5 Å². The summed E-state index contributed by atoms with van der Waals surface area (Å²) in [7, 11) is 1.35. The van der Waals surface area contributed by atoms with Gasteiger partial charge in [-0.3, -0.25) is 0 Å². The Hall–Kier alpha value is 0.339. The lowest BCUT2D eigenvalue weighted by Gasteiger charge is -2.32. The zero-order valence-corrected chi connectivity index (χ0v) is 17.2. The molecule has 0 aromatic heterocycles. The van der Waals surface area contributed by atoms with E-state index in [9.17, 15) is 0 Å². The summed E-state index contributed by atoms with van der Waals surface area (Å²) >= 11 is 0. The van der Waals surface area contributed by atoms with Gasteiger partial charge in [-0.25, -0.2) is 0 Å². The van der Waals surface area contributed by atoms with E-state index in [2.05, 4.69) is 45.0 Å². The van der Waals surface area contributed by atoms with Crippen molar-refractivity contribution in [2.75, 3.05) is 13.7 Å². The molecule has 1 heterocycles. The van der Waals surface area contributed by atoms with Gasteiger partial charge in [-0.1, -0.05) is 13.1 Å². The van der Waals surface area contributed by atoms with Crippen LogP contribution in [0, 0.1) is 0 Å². The minimum atomic E-state index is -0.229. The second kappa shape index (κ2) is 7.56. The first-order valence-electron chi connectivity index (χ1n) is 7.87. The van der Waals surface area contributed by atoms with Gasteiger partial charge in [-0.15, -0.1) is 0 Å². The van der Waals surface area contributed by atoms with Crippen molar-refractivity contribution in [1.29, 1.82) is 0 Å². The average molecular weight is 317 g/mol. The highest BCUT2D eigenvalue weighted by Gasteiger charge is 2.54. The number of methoxy groups -OCH3 is 1. The lowest BCUT2D eigenvalue weighted by atomic mass is 9.76. The monoisotopic (exact) mass is 317 g/mol. The zero-order chi connectivity index (χ0) is 15.4. The van der Waals surface area contributed by atoms with Gasteiger partial charge in [-0.05, 0) is 40.5 Å². The van der Waals surface area contributed by atoms with Crippen molar-refractivity contribution in [3.05, 3.63) is 0 Å². The molecule has 1 rings (SSSR count). The van der Waals surface area contributed by atoms with Crippen LogP contribution in [0.3, 0.4) is 0 Å². The first-order valence-corrected chi connectivity index (χ1v) is 12.0. The molecular weight excluding hydrogens is 285 g/mol. The summed E-state index contributed by atoms with van der Waals surface area (Å²) in [4.78, 5) is 0. The molecule has 0 N–H and O–H groups in total. The molecule has 1 aliphatic rings. The van der Waals surface area contributed by atoms with Crippen molar-refractivity contribution in [3.8, 4) is 0 Å². The van der Waals surface area contributed by atoms with Crippen LogP contribution in [0.2, 0.25) is 13.1 Å². The van der Waals surface area contributed by atoms with E-state index in [1.54, 1.807) is 7.11 Å². The molecule has 7 heteroatoms. The molecule has 4 nitrogen and oxygen atoms in total. The van der Waals surface area contributed by atoms with Crippen molar-refractivity contribution in [2.24, 2.45) is 0 Å². The molecule has 1 atom stereocenters.